The molecule has 1 fully saturated rings. The molecule has 0 aliphatic carbocycles. The Morgan fingerprint density at radius 1 is 1.54 bits per heavy atom. The van der Waals surface area contributed by atoms with Crippen LogP contribution in [0.5, 0.6) is 0 Å². The van der Waals surface area contributed by atoms with E-state index in [2.05, 4.69) is 5.90 Å². The van der Waals surface area contributed by atoms with Crippen LogP contribution in [0.25, 0.3) is 0 Å². The number of aliphatic hydroxyl groups is 1. The molecule has 6 N–H and O–H groups in total. The first kappa shape index (κ1) is 16.2. The second kappa shape index (κ2) is 10.8. The average Bonchev–Trinajstić information content (AvgIpc) is 2.21. The number of nitrogens with zero attached hydrogens (tertiary/aromatic N) is 1. The fourth-order valence-electron chi connectivity index (χ4n) is 1.35. The third-order valence-corrected chi connectivity index (χ3v) is 1.97. The van der Waals surface area contributed by atoms with Crippen molar-refractivity contribution in [3.05, 3.63) is 5.21 Å². The predicted molar refractivity (Wildman–Crippen MR) is 42.6 cm³/mol. The summed E-state index contributed by atoms with van der Waals surface area (Å²) in [6, 6.07) is 0. The van der Waals surface area contributed by atoms with Crippen molar-refractivity contribution in [2.24, 2.45) is 11.8 Å². The van der Waals surface area contributed by atoms with Gasteiger partial charge >= 0.3 is 29.6 Å². The quantitative estimate of drug-likeness (QED) is 0.204. The van der Waals surface area contributed by atoms with E-state index in [1.54, 1.807) is 0 Å². The summed E-state index contributed by atoms with van der Waals surface area (Å²) in [4.78, 5) is 0. The molecule has 1 rings (SSSR count). The Kier molecular flexibility index (Phi) is 13.5. The van der Waals surface area contributed by atoms with Crippen molar-refractivity contribution in [3.8, 4) is 0 Å². The van der Waals surface area contributed by atoms with Crippen molar-refractivity contribution in [3.63, 3.8) is 0 Å². The van der Waals surface area contributed by atoms with E-state index in [-0.39, 0.29) is 36.2 Å². The van der Waals surface area contributed by atoms with Crippen molar-refractivity contribution in [1.29, 1.82) is 0 Å². The van der Waals surface area contributed by atoms with Gasteiger partial charge in [0.2, 0.25) is 0 Å². The Labute approximate surface area is 99.9 Å². The van der Waals surface area contributed by atoms with Crippen LogP contribution >= 0.6 is 0 Å². The minimum absolute atomic E-state index is 0. The van der Waals surface area contributed by atoms with Crippen LogP contribution in [0.3, 0.4) is 0 Å². The molecule has 0 amide bonds. The Bertz CT molecular complexity index is 99.1. The van der Waals surface area contributed by atoms with Gasteiger partial charge in [0, 0.05) is 6.61 Å². The van der Waals surface area contributed by atoms with Gasteiger partial charge < -0.3 is 16.2 Å². The summed E-state index contributed by atoms with van der Waals surface area (Å²) in [6.45, 7) is 1.96. The van der Waals surface area contributed by atoms with E-state index in [1.807, 2.05) is 5.01 Å². The largest absolute Gasteiger partial charge is 1.00 e. The van der Waals surface area contributed by atoms with Crippen molar-refractivity contribution in [2.75, 3.05) is 19.7 Å². The molecule has 7 heteroatoms. The zero-order valence-electron chi connectivity index (χ0n) is 8.02. The summed E-state index contributed by atoms with van der Waals surface area (Å²) in [5.74, 6) is 3.61. The minimum atomic E-state index is 0. The van der Waals surface area contributed by atoms with E-state index in [9.17, 15) is 0 Å². The van der Waals surface area contributed by atoms with Crippen LogP contribution in [-0.4, -0.2) is 35.0 Å². The first-order chi connectivity index (χ1) is 5.86. The first-order valence-corrected chi connectivity index (χ1v) is 3.93. The van der Waals surface area contributed by atoms with Crippen LogP contribution in [0.2, 0.25) is 0 Å². The molecule has 1 aliphatic rings. The number of nitrogens with two attached hydrogens (primary N) is 2. The van der Waals surface area contributed by atoms with Crippen LogP contribution in [0.4, 0.5) is 0 Å². The molecule has 1 aliphatic heterocycles. The normalized spacial score (nSPS) is 22.6. The molecule has 0 aromatic rings. The van der Waals surface area contributed by atoms with Gasteiger partial charge in [-0.1, -0.05) is 0 Å². The summed E-state index contributed by atoms with van der Waals surface area (Å²) in [6.07, 6.45) is 2.16. The SMILES string of the molecule is N[O-].OCC1CCCN([NH2+]O)C1.[Na+]. The average molecular weight is 202 g/mol. The summed E-state index contributed by atoms with van der Waals surface area (Å²) in [5.41, 5.74) is 1.11. The third kappa shape index (κ3) is 6.78. The molecule has 0 saturated carbocycles. The number of quaternary nitrogens is 1. The molecular formula is C6H17N3NaO3+. The molecular weight excluding hydrogens is 185 g/mol. The van der Waals surface area contributed by atoms with Crippen molar-refractivity contribution in [2.45, 2.75) is 12.8 Å². The number of aliphatic hydroxyl groups excluding tert-OH is 1. The van der Waals surface area contributed by atoms with E-state index < -0.39 is 0 Å². The monoisotopic (exact) mass is 202 g/mol. The second-order valence-electron chi connectivity index (χ2n) is 2.80. The van der Waals surface area contributed by atoms with Gasteiger partial charge in [-0.05, 0) is 18.8 Å². The van der Waals surface area contributed by atoms with E-state index >= 15 is 0 Å². The van der Waals surface area contributed by atoms with Gasteiger partial charge in [0.15, 0.2) is 0 Å². The van der Waals surface area contributed by atoms with Crippen LogP contribution in [0, 0.1) is 11.1 Å². The minimum Gasteiger partial charge on any atom is -0.790 e. The molecule has 0 aromatic heterocycles. The van der Waals surface area contributed by atoms with Crippen LogP contribution in [0.1, 0.15) is 12.8 Å². The second-order valence-corrected chi connectivity index (χ2v) is 2.80. The standard InChI is InChI=1S/C6H14N2O2.H2NO.Na/c9-5-6-2-1-3-8(4-6)7-10;1-2;/h6-7,9-10H,1-5H2;1H2;/q;-1;+1/p+1. The Morgan fingerprint density at radius 2 is 2.15 bits per heavy atom. The third-order valence-electron chi connectivity index (χ3n) is 1.97. The first-order valence-electron chi connectivity index (χ1n) is 3.93. The molecule has 0 bridgehead atoms. The van der Waals surface area contributed by atoms with Crippen LogP contribution in [-0.2, 0) is 0 Å². The van der Waals surface area contributed by atoms with Gasteiger partial charge in [-0.15, -0.1) is 10.6 Å². The summed E-state index contributed by atoms with van der Waals surface area (Å²) < 4.78 is 0. The Hall–Kier alpha value is 0.760. The van der Waals surface area contributed by atoms with E-state index in [0.717, 1.165) is 31.5 Å². The van der Waals surface area contributed by atoms with Crippen molar-refractivity contribution < 1.29 is 45.5 Å². The Balaban J connectivity index is 0. The molecule has 1 saturated heterocycles. The van der Waals surface area contributed by atoms with Crippen molar-refractivity contribution in [1.82, 2.24) is 5.01 Å². The van der Waals surface area contributed by atoms with Gasteiger partial charge in [-0.2, -0.15) is 5.21 Å². The molecule has 0 radical (unpaired) electrons. The number of hydrogen-bond acceptors (Lipinski definition) is 5. The zero-order valence-corrected chi connectivity index (χ0v) is 10.0. The fourth-order valence-corrected chi connectivity index (χ4v) is 1.35. The summed E-state index contributed by atoms with van der Waals surface area (Å²) in [5, 5.41) is 27.0. The van der Waals surface area contributed by atoms with Crippen LogP contribution in [0.15, 0.2) is 0 Å². The molecule has 1 atom stereocenters. The maximum absolute atomic E-state index is 8.78. The van der Waals surface area contributed by atoms with E-state index in [1.165, 1.54) is 0 Å². The topological polar surface area (TPSA) is 109 Å². The number of hydrogen-bond donors (Lipinski definition) is 4. The molecule has 13 heavy (non-hydrogen) atoms. The van der Waals surface area contributed by atoms with Crippen LogP contribution < -0.4 is 41.0 Å². The van der Waals surface area contributed by atoms with Crippen molar-refractivity contribution >= 4 is 0 Å². The smallest absolute Gasteiger partial charge is 0.790 e. The molecule has 0 aromatic carbocycles. The van der Waals surface area contributed by atoms with Gasteiger partial charge in [0.1, 0.15) is 0 Å². The molecule has 74 valence electrons. The maximum Gasteiger partial charge on any atom is 1.00 e. The summed E-state index contributed by atoms with van der Waals surface area (Å²) in [7, 11) is 0. The van der Waals surface area contributed by atoms with E-state index in [4.69, 9.17) is 15.5 Å². The molecule has 1 unspecified atom stereocenters. The number of piperidine rings is 1. The van der Waals surface area contributed by atoms with Gasteiger partial charge in [0.25, 0.3) is 0 Å². The summed E-state index contributed by atoms with van der Waals surface area (Å²) >= 11 is 0. The fraction of sp³-hybridized carbons (Fsp3) is 1.00. The number of rotatable bonds is 2. The zero-order chi connectivity index (χ0) is 9.40. The maximum atomic E-state index is 8.78. The molecule has 6 nitrogen and oxygen atoms in total. The molecule has 1 heterocycles. The predicted octanol–water partition coefficient (Wildman–Crippen LogP) is -4.99. The van der Waals surface area contributed by atoms with Gasteiger partial charge in [0.05, 0.1) is 13.1 Å². The van der Waals surface area contributed by atoms with Gasteiger partial charge in [-0.25, -0.2) is 0 Å². The molecule has 0 spiro atoms. The van der Waals surface area contributed by atoms with E-state index in [0.29, 0.717) is 5.92 Å². The Morgan fingerprint density at radius 3 is 2.62 bits per heavy atom. The van der Waals surface area contributed by atoms with Gasteiger partial charge in [-0.3, -0.25) is 0 Å².